The summed E-state index contributed by atoms with van der Waals surface area (Å²) in [5.41, 5.74) is 6.83. The minimum Gasteiger partial charge on any atom is -0.386 e. The minimum absolute atomic E-state index is 0.191. The molecule has 3 heterocycles. The predicted octanol–water partition coefficient (Wildman–Crippen LogP) is 1.67. The quantitative estimate of drug-likeness (QED) is 0.889. The van der Waals surface area contributed by atoms with Crippen LogP contribution in [0.2, 0.25) is 0 Å². The highest BCUT2D eigenvalue weighted by Gasteiger charge is 2.23. The van der Waals surface area contributed by atoms with Crippen molar-refractivity contribution in [1.82, 2.24) is 9.88 Å². The molecule has 7 nitrogen and oxygen atoms in total. The molecule has 3 rings (SSSR count). The molecule has 140 valence electrons. The number of nitrogens with zero attached hydrogens (tertiary/aromatic N) is 5. The molecule has 2 aliphatic rings. The van der Waals surface area contributed by atoms with Crippen molar-refractivity contribution in [2.45, 2.75) is 33.6 Å². The number of carbonyl (C=O) groups is 1. The number of aromatic nitrogens is 1. The summed E-state index contributed by atoms with van der Waals surface area (Å²) in [5.74, 6) is 2.36. The van der Waals surface area contributed by atoms with E-state index in [1.807, 2.05) is 17.0 Å². The molecule has 1 aromatic rings. The van der Waals surface area contributed by atoms with E-state index in [1.165, 1.54) is 0 Å². The molecule has 0 spiro atoms. The summed E-state index contributed by atoms with van der Waals surface area (Å²) in [6, 6.07) is 3.90. The lowest BCUT2D eigenvalue weighted by Gasteiger charge is -2.36. The van der Waals surface area contributed by atoms with Crippen LogP contribution in [0.5, 0.6) is 0 Å². The average molecular weight is 356 g/mol. The lowest BCUT2D eigenvalue weighted by atomic mass is 9.90. The van der Waals surface area contributed by atoms with Gasteiger partial charge in [-0.1, -0.05) is 20.8 Å². The molecule has 0 bridgehead atoms. The number of anilines is 1. The van der Waals surface area contributed by atoms with Gasteiger partial charge in [0, 0.05) is 44.4 Å². The van der Waals surface area contributed by atoms with E-state index in [1.54, 1.807) is 6.20 Å². The van der Waals surface area contributed by atoms with E-state index in [-0.39, 0.29) is 11.3 Å². The normalized spacial score (nSPS) is 18.0. The first kappa shape index (κ1) is 18.4. The van der Waals surface area contributed by atoms with Crippen LogP contribution in [0.3, 0.4) is 0 Å². The molecule has 0 aromatic carbocycles. The van der Waals surface area contributed by atoms with Gasteiger partial charge in [-0.2, -0.15) is 0 Å². The number of hydrogen-bond acceptors (Lipinski definition) is 6. The van der Waals surface area contributed by atoms with Crippen LogP contribution in [0.4, 0.5) is 5.82 Å². The van der Waals surface area contributed by atoms with Crippen LogP contribution in [0.1, 0.15) is 39.2 Å². The third kappa shape index (κ3) is 4.59. The average Bonchev–Trinajstić information content (AvgIpc) is 3.06. The molecule has 0 aliphatic carbocycles. The van der Waals surface area contributed by atoms with Gasteiger partial charge in [-0.25, -0.2) is 9.98 Å². The zero-order valence-corrected chi connectivity index (χ0v) is 15.9. The highest BCUT2D eigenvalue weighted by Crippen LogP contribution is 2.22. The molecule has 7 heteroatoms. The fraction of sp³-hybridized carbons (Fsp3) is 0.579. The molecule has 0 saturated carbocycles. The number of hydrogen-bond donors (Lipinski definition) is 1. The summed E-state index contributed by atoms with van der Waals surface area (Å²) < 4.78 is 0. The van der Waals surface area contributed by atoms with Gasteiger partial charge in [-0.3, -0.25) is 9.79 Å². The second-order valence-corrected chi connectivity index (χ2v) is 8.07. The molecule has 0 atom stereocenters. The summed E-state index contributed by atoms with van der Waals surface area (Å²) in [6.07, 6.45) is 3.32. The van der Waals surface area contributed by atoms with Crippen LogP contribution in [0.15, 0.2) is 28.3 Å². The summed E-state index contributed by atoms with van der Waals surface area (Å²) >= 11 is 0. The SMILES string of the molecule is CC(C)(C)CCC(=O)N1CCN(c2cc(C3=NCC(N)=N3)ccn2)CC1. The number of carbonyl (C=O) groups excluding carboxylic acids is 1. The van der Waals surface area contributed by atoms with E-state index in [4.69, 9.17) is 5.73 Å². The van der Waals surface area contributed by atoms with Crippen molar-refractivity contribution in [2.24, 2.45) is 21.1 Å². The van der Waals surface area contributed by atoms with Crippen molar-refractivity contribution in [3.05, 3.63) is 23.9 Å². The van der Waals surface area contributed by atoms with Gasteiger partial charge in [0.1, 0.15) is 11.7 Å². The third-order valence-corrected chi connectivity index (χ3v) is 4.69. The first-order chi connectivity index (χ1) is 12.3. The fourth-order valence-corrected chi connectivity index (χ4v) is 3.07. The third-order valence-electron chi connectivity index (χ3n) is 4.69. The Labute approximate surface area is 155 Å². The van der Waals surface area contributed by atoms with Crippen LogP contribution in [-0.4, -0.2) is 60.2 Å². The standard InChI is InChI=1S/C19H28N6O/c1-19(2,3)6-4-17(26)25-10-8-24(9-11-25)16-12-14(5-7-21-16)18-22-13-15(20)23-18/h5,7,12H,4,6,8-11,13H2,1-3H3,(H2,20,22,23). The molecular weight excluding hydrogens is 328 g/mol. The van der Waals surface area contributed by atoms with Gasteiger partial charge in [0.25, 0.3) is 0 Å². The van der Waals surface area contributed by atoms with E-state index < -0.39 is 0 Å². The monoisotopic (exact) mass is 356 g/mol. The van der Waals surface area contributed by atoms with Gasteiger partial charge in [0.2, 0.25) is 5.91 Å². The number of rotatable bonds is 4. The van der Waals surface area contributed by atoms with E-state index in [0.717, 1.165) is 44.0 Å². The first-order valence-corrected chi connectivity index (χ1v) is 9.18. The molecule has 1 amide bonds. The Kier molecular flexibility index (Phi) is 5.25. The maximum atomic E-state index is 12.4. The molecule has 2 aliphatic heterocycles. The lowest BCUT2D eigenvalue weighted by molar-refractivity contribution is -0.132. The van der Waals surface area contributed by atoms with Crippen molar-refractivity contribution in [2.75, 3.05) is 37.6 Å². The van der Waals surface area contributed by atoms with Crippen molar-refractivity contribution in [1.29, 1.82) is 0 Å². The number of amides is 1. The molecule has 26 heavy (non-hydrogen) atoms. The maximum Gasteiger partial charge on any atom is 0.222 e. The molecule has 0 unspecified atom stereocenters. The number of amidine groups is 2. The van der Waals surface area contributed by atoms with Crippen LogP contribution < -0.4 is 10.6 Å². The summed E-state index contributed by atoms with van der Waals surface area (Å²) in [5, 5.41) is 0. The van der Waals surface area contributed by atoms with E-state index in [2.05, 4.69) is 40.6 Å². The smallest absolute Gasteiger partial charge is 0.222 e. The molecule has 1 aromatic heterocycles. The zero-order valence-electron chi connectivity index (χ0n) is 15.9. The Morgan fingerprint density at radius 1 is 1.23 bits per heavy atom. The van der Waals surface area contributed by atoms with Gasteiger partial charge >= 0.3 is 0 Å². The molecule has 2 N–H and O–H groups in total. The van der Waals surface area contributed by atoms with Crippen molar-refractivity contribution in [3.8, 4) is 0 Å². The highest BCUT2D eigenvalue weighted by molar-refractivity contribution is 6.10. The molecular formula is C19H28N6O. The molecule has 1 saturated heterocycles. The predicted molar refractivity (Wildman–Crippen MR) is 105 cm³/mol. The summed E-state index contributed by atoms with van der Waals surface area (Å²) in [7, 11) is 0. The van der Waals surface area contributed by atoms with Gasteiger partial charge in [-0.15, -0.1) is 0 Å². The second-order valence-electron chi connectivity index (χ2n) is 8.07. The topological polar surface area (TPSA) is 87.2 Å². The van der Waals surface area contributed by atoms with Gasteiger partial charge < -0.3 is 15.5 Å². The first-order valence-electron chi connectivity index (χ1n) is 9.18. The molecule has 1 fully saturated rings. The zero-order chi connectivity index (χ0) is 18.7. The van der Waals surface area contributed by atoms with E-state index >= 15 is 0 Å². The lowest BCUT2D eigenvalue weighted by Crippen LogP contribution is -2.49. The van der Waals surface area contributed by atoms with Crippen LogP contribution in [0.25, 0.3) is 0 Å². The maximum absolute atomic E-state index is 12.4. The van der Waals surface area contributed by atoms with Crippen LogP contribution in [-0.2, 0) is 4.79 Å². The molecule has 0 radical (unpaired) electrons. The van der Waals surface area contributed by atoms with Gasteiger partial charge in [-0.05, 0) is 24.0 Å². The van der Waals surface area contributed by atoms with E-state index in [0.29, 0.717) is 24.6 Å². The Morgan fingerprint density at radius 3 is 2.58 bits per heavy atom. The van der Waals surface area contributed by atoms with Crippen molar-refractivity contribution >= 4 is 23.4 Å². The minimum atomic E-state index is 0.191. The van der Waals surface area contributed by atoms with Crippen LogP contribution in [0, 0.1) is 5.41 Å². The Morgan fingerprint density at radius 2 is 1.96 bits per heavy atom. The van der Waals surface area contributed by atoms with Crippen molar-refractivity contribution < 1.29 is 4.79 Å². The number of pyridine rings is 1. The summed E-state index contributed by atoms with van der Waals surface area (Å²) in [4.78, 5) is 29.7. The number of nitrogens with two attached hydrogens (primary N) is 1. The van der Waals surface area contributed by atoms with E-state index in [9.17, 15) is 4.79 Å². The number of piperazine rings is 1. The number of aliphatic imine (C=N–C) groups is 2. The van der Waals surface area contributed by atoms with Crippen molar-refractivity contribution in [3.63, 3.8) is 0 Å². The summed E-state index contributed by atoms with van der Waals surface area (Å²) in [6.45, 7) is 10.0. The highest BCUT2D eigenvalue weighted by atomic mass is 16.2. The Hall–Kier alpha value is -2.44. The second kappa shape index (κ2) is 7.43. The Bertz CT molecular complexity index is 726. The van der Waals surface area contributed by atoms with Gasteiger partial charge in [0.05, 0.1) is 6.54 Å². The van der Waals surface area contributed by atoms with Gasteiger partial charge in [0.15, 0.2) is 5.84 Å². The Balaban J connectivity index is 1.58. The largest absolute Gasteiger partial charge is 0.386 e. The fourth-order valence-electron chi connectivity index (χ4n) is 3.07. The van der Waals surface area contributed by atoms with Crippen LogP contribution >= 0.6 is 0 Å².